The van der Waals surface area contributed by atoms with Crippen molar-refractivity contribution in [2.75, 3.05) is 45.9 Å². The van der Waals surface area contributed by atoms with Gasteiger partial charge in [0.1, 0.15) is 6.61 Å². The number of amides is 1. The second-order valence-corrected chi connectivity index (χ2v) is 11.9. The molecule has 1 atom stereocenters. The van der Waals surface area contributed by atoms with Crippen LogP contribution in [-0.4, -0.2) is 86.5 Å². The van der Waals surface area contributed by atoms with E-state index in [0.29, 0.717) is 24.0 Å². The van der Waals surface area contributed by atoms with Crippen LogP contribution in [-0.2, 0) is 19.6 Å². The number of benzene rings is 1. The van der Waals surface area contributed by atoms with Gasteiger partial charge in [0.15, 0.2) is 0 Å². The number of hydrogen-bond donors (Lipinski definition) is 0. The molecule has 3 heterocycles. The Balaban J connectivity index is 1.28. The molecule has 1 unspecified atom stereocenters. The van der Waals surface area contributed by atoms with E-state index in [9.17, 15) is 13.2 Å². The zero-order valence-corrected chi connectivity index (χ0v) is 21.3. The van der Waals surface area contributed by atoms with Crippen LogP contribution in [0.4, 0.5) is 0 Å². The van der Waals surface area contributed by atoms with Crippen molar-refractivity contribution in [3.8, 4) is 0 Å². The standard InChI is InChI=1S/C23H33Cl2N3O4S/c24-21-7-6-20(15-22(21)25)33(30,31)28-12-2-1-5-19(28)16-32-17-23(29)27-13-8-18(9-14-27)26-10-3-4-11-26/h6-7,15,18-19H,1-5,8-14,16-17H2. The summed E-state index contributed by atoms with van der Waals surface area (Å²) in [5.74, 6) is -0.00966. The van der Waals surface area contributed by atoms with Gasteiger partial charge in [-0.1, -0.05) is 29.6 Å². The summed E-state index contributed by atoms with van der Waals surface area (Å²) in [6.45, 7) is 4.53. The van der Waals surface area contributed by atoms with Crippen LogP contribution >= 0.6 is 23.2 Å². The first-order valence-electron chi connectivity index (χ1n) is 11.9. The molecule has 0 spiro atoms. The van der Waals surface area contributed by atoms with Crippen molar-refractivity contribution in [3.63, 3.8) is 0 Å². The van der Waals surface area contributed by atoms with Gasteiger partial charge in [-0.05, 0) is 69.8 Å². The average molecular weight is 519 g/mol. The van der Waals surface area contributed by atoms with Crippen molar-refractivity contribution in [1.82, 2.24) is 14.1 Å². The highest BCUT2D eigenvalue weighted by Gasteiger charge is 2.34. The fourth-order valence-corrected chi connectivity index (χ4v) is 7.26. The van der Waals surface area contributed by atoms with E-state index in [4.69, 9.17) is 27.9 Å². The lowest BCUT2D eigenvalue weighted by Crippen LogP contribution is -2.48. The Kier molecular flexibility index (Phi) is 8.57. The molecule has 0 bridgehead atoms. The van der Waals surface area contributed by atoms with E-state index in [1.165, 1.54) is 48.4 Å². The van der Waals surface area contributed by atoms with E-state index in [-0.39, 0.29) is 35.1 Å². The molecule has 4 rings (SSSR count). The number of likely N-dealkylation sites (tertiary alicyclic amines) is 2. The third-order valence-electron chi connectivity index (χ3n) is 7.08. The number of piperidine rings is 2. The van der Waals surface area contributed by atoms with E-state index in [1.807, 2.05) is 4.90 Å². The minimum Gasteiger partial charge on any atom is -0.370 e. The van der Waals surface area contributed by atoms with E-state index in [2.05, 4.69) is 4.90 Å². The molecule has 0 aromatic heterocycles. The first-order valence-corrected chi connectivity index (χ1v) is 14.1. The molecule has 3 aliphatic rings. The number of carbonyl (C=O) groups excluding carboxylic acids is 1. The number of carbonyl (C=O) groups is 1. The van der Waals surface area contributed by atoms with E-state index in [1.54, 1.807) is 0 Å². The maximum atomic E-state index is 13.2. The molecule has 7 nitrogen and oxygen atoms in total. The zero-order chi connectivity index (χ0) is 23.4. The highest BCUT2D eigenvalue weighted by Crippen LogP contribution is 2.30. The van der Waals surface area contributed by atoms with Gasteiger partial charge >= 0.3 is 0 Å². The predicted molar refractivity (Wildman–Crippen MR) is 129 cm³/mol. The molecule has 0 aliphatic carbocycles. The van der Waals surface area contributed by atoms with Gasteiger partial charge in [-0.3, -0.25) is 4.79 Å². The molecular formula is C23H33Cl2N3O4S. The summed E-state index contributed by atoms with van der Waals surface area (Å²) in [7, 11) is -3.73. The number of ether oxygens (including phenoxy) is 1. The number of hydrogen-bond acceptors (Lipinski definition) is 5. The molecule has 1 aromatic carbocycles. The maximum Gasteiger partial charge on any atom is 0.248 e. The smallest absolute Gasteiger partial charge is 0.248 e. The van der Waals surface area contributed by atoms with E-state index < -0.39 is 10.0 Å². The van der Waals surface area contributed by atoms with Crippen LogP contribution in [0.1, 0.15) is 44.9 Å². The number of halogens is 2. The lowest BCUT2D eigenvalue weighted by atomic mass is 10.0. The van der Waals surface area contributed by atoms with Crippen LogP contribution in [0.2, 0.25) is 10.0 Å². The van der Waals surface area contributed by atoms with Gasteiger partial charge < -0.3 is 14.5 Å². The van der Waals surface area contributed by atoms with Crippen molar-refractivity contribution >= 4 is 39.1 Å². The van der Waals surface area contributed by atoms with Crippen LogP contribution in [0.3, 0.4) is 0 Å². The number of rotatable bonds is 7. The number of sulfonamides is 1. The molecule has 3 fully saturated rings. The quantitative estimate of drug-likeness (QED) is 0.552. The maximum absolute atomic E-state index is 13.2. The highest BCUT2D eigenvalue weighted by atomic mass is 35.5. The highest BCUT2D eigenvalue weighted by molar-refractivity contribution is 7.89. The third kappa shape index (κ3) is 6.03. The van der Waals surface area contributed by atoms with Gasteiger partial charge in [0.2, 0.25) is 15.9 Å². The van der Waals surface area contributed by atoms with Crippen molar-refractivity contribution in [2.24, 2.45) is 0 Å². The average Bonchev–Trinajstić information content (AvgIpc) is 3.36. The van der Waals surface area contributed by atoms with Crippen LogP contribution < -0.4 is 0 Å². The molecule has 1 aromatic rings. The van der Waals surface area contributed by atoms with Crippen molar-refractivity contribution in [2.45, 2.75) is 61.9 Å². The SMILES string of the molecule is O=C(COCC1CCCCN1S(=O)(=O)c1ccc(Cl)c(Cl)c1)N1CCC(N2CCCC2)CC1. The van der Waals surface area contributed by atoms with Crippen molar-refractivity contribution in [1.29, 1.82) is 0 Å². The summed E-state index contributed by atoms with van der Waals surface area (Å²) in [5.41, 5.74) is 0. The van der Waals surface area contributed by atoms with Crippen molar-refractivity contribution in [3.05, 3.63) is 28.2 Å². The first kappa shape index (κ1) is 25.2. The Bertz CT molecular complexity index is 932. The third-order valence-corrected chi connectivity index (χ3v) is 9.77. The largest absolute Gasteiger partial charge is 0.370 e. The van der Waals surface area contributed by atoms with Gasteiger partial charge in [-0.15, -0.1) is 0 Å². The van der Waals surface area contributed by atoms with Gasteiger partial charge in [0.05, 0.1) is 21.5 Å². The Hall–Kier alpha value is -0.900. The molecule has 3 saturated heterocycles. The molecule has 0 N–H and O–H groups in total. The number of nitrogens with zero attached hydrogens (tertiary/aromatic N) is 3. The molecule has 33 heavy (non-hydrogen) atoms. The monoisotopic (exact) mass is 517 g/mol. The Morgan fingerprint density at radius 2 is 1.64 bits per heavy atom. The molecule has 1 amide bonds. The van der Waals surface area contributed by atoms with Crippen molar-refractivity contribution < 1.29 is 17.9 Å². The van der Waals surface area contributed by atoms with E-state index >= 15 is 0 Å². The van der Waals surface area contributed by atoms with Crippen LogP contribution in [0.5, 0.6) is 0 Å². The fourth-order valence-electron chi connectivity index (χ4n) is 5.19. The van der Waals surface area contributed by atoms with Gasteiger partial charge in [-0.2, -0.15) is 4.31 Å². The second-order valence-electron chi connectivity index (χ2n) is 9.21. The Labute approximate surface area is 207 Å². The van der Waals surface area contributed by atoms with E-state index in [0.717, 1.165) is 38.8 Å². The topological polar surface area (TPSA) is 70.2 Å². The summed E-state index contributed by atoms with van der Waals surface area (Å²) >= 11 is 12.0. The Morgan fingerprint density at radius 1 is 0.939 bits per heavy atom. The molecule has 184 valence electrons. The lowest BCUT2D eigenvalue weighted by Gasteiger charge is -2.37. The minimum atomic E-state index is -3.73. The first-order chi connectivity index (χ1) is 15.9. The van der Waals surface area contributed by atoms with Gasteiger partial charge in [0, 0.05) is 31.7 Å². The normalized spacial score (nSPS) is 23.8. The van der Waals surface area contributed by atoms with Crippen LogP contribution in [0.25, 0.3) is 0 Å². The molecule has 10 heteroatoms. The van der Waals surface area contributed by atoms with Crippen LogP contribution in [0.15, 0.2) is 23.1 Å². The molecule has 0 radical (unpaired) electrons. The summed E-state index contributed by atoms with van der Waals surface area (Å²) in [6, 6.07) is 4.66. The minimum absolute atomic E-state index is 0.00839. The summed E-state index contributed by atoms with van der Waals surface area (Å²) in [4.78, 5) is 17.2. The summed E-state index contributed by atoms with van der Waals surface area (Å²) in [5, 5.41) is 0.527. The molecular weight excluding hydrogens is 485 g/mol. The fraction of sp³-hybridized carbons (Fsp3) is 0.696. The van der Waals surface area contributed by atoms with Gasteiger partial charge in [-0.25, -0.2) is 8.42 Å². The molecule has 3 aliphatic heterocycles. The molecule has 0 saturated carbocycles. The lowest BCUT2D eigenvalue weighted by molar-refractivity contribution is -0.138. The zero-order valence-electron chi connectivity index (χ0n) is 18.9. The second kappa shape index (κ2) is 11.2. The summed E-state index contributed by atoms with van der Waals surface area (Å²) in [6.07, 6.45) is 7.03. The van der Waals surface area contributed by atoms with Crippen LogP contribution in [0, 0.1) is 0 Å². The van der Waals surface area contributed by atoms with Gasteiger partial charge in [0.25, 0.3) is 0 Å². The predicted octanol–water partition coefficient (Wildman–Crippen LogP) is 3.64. The summed E-state index contributed by atoms with van der Waals surface area (Å²) < 4.78 is 33.7. The Morgan fingerprint density at radius 3 is 2.33 bits per heavy atom.